The van der Waals surface area contributed by atoms with Crippen LogP contribution in [0.15, 0.2) is 48.8 Å². The van der Waals surface area contributed by atoms with Crippen molar-refractivity contribution in [1.29, 1.82) is 5.26 Å². The van der Waals surface area contributed by atoms with Gasteiger partial charge in [-0.25, -0.2) is 19.6 Å². The summed E-state index contributed by atoms with van der Waals surface area (Å²) in [5.41, 5.74) is 0.147. The zero-order chi connectivity index (χ0) is 59.2. The van der Waals surface area contributed by atoms with E-state index in [4.69, 9.17) is 14.6 Å². The van der Waals surface area contributed by atoms with Crippen molar-refractivity contribution in [2.45, 2.75) is 149 Å². The Kier molecular flexibility index (Phi) is 18.4. The highest BCUT2D eigenvalue weighted by molar-refractivity contribution is 6.10. The number of carbonyl (C=O) groups excluding carboxylic acids is 8. The van der Waals surface area contributed by atoms with Crippen molar-refractivity contribution in [3.8, 4) is 6.07 Å². The molecule has 436 valence electrons. The molecule has 0 spiro atoms. The quantitative estimate of drug-likeness (QED) is 0.0617. The van der Waals surface area contributed by atoms with Gasteiger partial charge in [0.1, 0.15) is 36.7 Å². The largest absolute Gasteiger partial charge is 0.444 e. The Balaban J connectivity index is 0.940. The minimum atomic E-state index is -4.78. The number of rotatable bonds is 21. The summed E-state index contributed by atoms with van der Waals surface area (Å²) in [6, 6.07) is 10.6. The minimum Gasteiger partial charge on any atom is -0.444 e. The number of amides is 7. The lowest BCUT2D eigenvalue weighted by molar-refractivity contribution is -0.197. The van der Waals surface area contributed by atoms with E-state index in [9.17, 15) is 56.8 Å². The number of alkyl halides is 3. The van der Waals surface area contributed by atoms with E-state index in [0.717, 1.165) is 32.0 Å². The van der Waals surface area contributed by atoms with E-state index < -0.39 is 89.2 Å². The van der Waals surface area contributed by atoms with Crippen LogP contribution in [0.3, 0.4) is 0 Å². The third-order valence-corrected chi connectivity index (χ3v) is 15.2. The maximum Gasteiger partial charge on any atom is 0.416 e. The maximum atomic E-state index is 15.0. The first-order chi connectivity index (χ1) is 38.9. The number of nitrogens with one attached hydrogen (secondary N) is 4. The van der Waals surface area contributed by atoms with E-state index in [1.165, 1.54) is 17.9 Å². The third-order valence-electron chi connectivity index (χ3n) is 15.2. The molecule has 4 aromatic rings. The molecule has 4 aliphatic rings. The van der Waals surface area contributed by atoms with Crippen LogP contribution < -0.4 is 26.2 Å². The molecule has 5 heterocycles. The Morgan fingerprint density at radius 2 is 1.63 bits per heavy atom. The van der Waals surface area contributed by atoms with Crippen LogP contribution >= 0.6 is 0 Å². The molecule has 4 N–H and O–H groups in total. The second-order valence-electron chi connectivity index (χ2n) is 22.2. The summed E-state index contributed by atoms with van der Waals surface area (Å²) in [6.07, 6.45) is -1.63. The van der Waals surface area contributed by atoms with Crippen LogP contribution in [0.5, 0.6) is 0 Å². The van der Waals surface area contributed by atoms with E-state index in [2.05, 4.69) is 56.2 Å². The van der Waals surface area contributed by atoms with Crippen LogP contribution in [0.2, 0.25) is 0 Å². The summed E-state index contributed by atoms with van der Waals surface area (Å²) in [7, 11) is 1.72. The molecule has 25 heteroatoms. The van der Waals surface area contributed by atoms with Crippen molar-refractivity contribution >= 4 is 64.8 Å². The summed E-state index contributed by atoms with van der Waals surface area (Å²) in [5.74, 6) is -4.05. The Bertz CT molecular complexity index is 3150. The van der Waals surface area contributed by atoms with Gasteiger partial charge in [-0.15, -0.1) is 5.06 Å². The first-order valence-corrected chi connectivity index (χ1v) is 27.5. The molecule has 2 aromatic heterocycles. The molecule has 3 fully saturated rings. The summed E-state index contributed by atoms with van der Waals surface area (Å²) in [6.45, 7) is 9.97. The summed E-state index contributed by atoms with van der Waals surface area (Å²) < 4.78 is 52.1. The summed E-state index contributed by atoms with van der Waals surface area (Å²) >= 11 is 0. The van der Waals surface area contributed by atoms with Gasteiger partial charge in [0.25, 0.3) is 17.7 Å². The number of likely N-dealkylation sites (tertiary alicyclic amines) is 1. The van der Waals surface area contributed by atoms with E-state index >= 15 is 0 Å². The SMILES string of the molecule is CC1CC(c2ncn(C)n2)(c2cc(N3Cc4c(cc(CN5CCC[C@H](C)C5)cc4C(F)(F)F)C3=O)nc(NC(=O)OCc3ccc(NC(=O)[C@H](C)NC(=O)[C@@H](NC(=O)CCCC(=O)ON4C(=O)CCC4=O)C(C)C)cc3)c2CCC#N)C1. The molecule has 0 bridgehead atoms. The van der Waals surface area contributed by atoms with Crippen LogP contribution in [-0.4, -0.2) is 102 Å². The Hall–Kier alpha value is -8.27. The number of carbonyl (C=O) groups is 8. The predicted octanol–water partition coefficient (Wildman–Crippen LogP) is 6.90. The topological polar surface area (TPSA) is 280 Å². The molecule has 82 heavy (non-hydrogen) atoms. The highest BCUT2D eigenvalue weighted by Crippen LogP contribution is 2.54. The average Bonchev–Trinajstić information content (AvgIpc) is 2.40. The van der Waals surface area contributed by atoms with Gasteiger partial charge < -0.3 is 25.5 Å². The molecule has 22 nitrogen and oxygen atoms in total. The molecule has 3 atom stereocenters. The van der Waals surface area contributed by atoms with Gasteiger partial charge >= 0.3 is 18.2 Å². The Morgan fingerprint density at radius 3 is 2.27 bits per heavy atom. The molecule has 3 aliphatic heterocycles. The lowest BCUT2D eigenvalue weighted by Crippen LogP contribution is -2.53. The second-order valence-corrected chi connectivity index (χ2v) is 22.2. The normalized spacial score (nSPS) is 19.7. The smallest absolute Gasteiger partial charge is 0.416 e. The third kappa shape index (κ3) is 13.9. The van der Waals surface area contributed by atoms with Gasteiger partial charge in [-0.1, -0.05) is 39.8 Å². The van der Waals surface area contributed by atoms with Crippen molar-refractivity contribution in [3.05, 3.63) is 93.6 Å². The molecule has 7 amide bonds. The lowest BCUT2D eigenvalue weighted by Gasteiger charge is -2.46. The number of benzene rings is 2. The van der Waals surface area contributed by atoms with Crippen LogP contribution in [0.25, 0.3) is 0 Å². The number of fused-ring (bicyclic) bond motifs is 1. The first kappa shape index (κ1) is 59.8. The lowest BCUT2D eigenvalue weighted by atomic mass is 9.57. The second kappa shape index (κ2) is 25.3. The number of nitriles is 1. The number of halogens is 3. The van der Waals surface area contributed by atoms with Gasteiger partial charge in [0.15, 0.2) is 5.82 Å². The van der Waals surface area contributed by atoms with Crippen LogP contribution in [0, 0.1) is 29.1 Å². The number of nitrogens with zero attached hydrogens (tertiary/aromatic N) is 8. The van der Waals surface area contributed by atoms with Gasteiger partial charge in [0.05, 0.1) is 23.6 Å². The maximum absolute atomic E-state index is 15.0. The zero-order valence-corrected chi connectivity index (χ0v) is 46.6. The summed E-state index contributed by atoms with van der Waals surface area (Å²) in [4.78, 5) is 121. The fourth-order valence-electron chi connectivity index (χ4n) is 11.1. The predicted molar refractivity (Wildman–Crippen MR) is 288 cm³/mol. The van der Waals surface area contributed by atoms with E-state index in [1.807, 2.05) is 0 Å². The molecule has 1 saturated carbocycles. The molecule has 0 unspecified atom stereocenters. The van der Waals surface area contributed by atoms with Crippen molar-refractivity contribution in [3.63, 3.8) is 0 Å². The van der Waals surface area contributed by atoms with E-state index in [-0.39, 0.29) is 86.8 Å². The monoisotopic (exact) mass is 1140 g/mol. The number of aryl methyl sites for hydroxylation is 1. The molecule has 8 rings (SSSR count). The van der Waals surface area contributed by atoms with Gasteiger partial charge in [-0.2, -0.15) is 23.5 Å². The number of pyridine rings is 1. The zero-order valence-electron chi connectivity index (χ0n) is 46.6. The highest BCUT2D eigenvalue weighted by Gasteiger charge is 2.50. The molecule has 1 aliphatic carbocycles. The van der Waals surface area contributed by atoms with Gasteiger partial charge in [0, 0.05) is 69.1 Å². The number of piperidine rings is 1. The van der Waals surface area contributed by atoms with Crippen molar-refractivity contribution in [1.82, 2.24) is 40.3 Å². The number of ether oxygens (including phenoxy) is 1. The first-order valence-electron chi connectivity index (χ1n) is 27.5. The van der Waals surface area contributed by atoms with Crippen LogP contribution in [0.1, 0.15) is 148 Å². The number of hydrogen-bond acceptors (Lipinski definition) is 15. The number of anilines is 3. The van der Waals surface area contributed by atoms with Crippen molar-refractivity contribution in [2.24, 2.45) is 24.8 Å². The molecule has 2 aromatic carbocycles. The fourth-order valence-corrected chi connectivity index (χ4v) is 11.1. The van der Waals surface area contributed by atoms with Gasteiger partial charge in [0.2, 0.25) is 17.7 Å². The highest BCUT2D eigenvalue weighted by atomic mass is 19.4. The molecular formula is C57H67F3N12O10. The minimum absolute atomic E-state index is 0.00832. The fraction of sp³-hybridized carbons (Fsp3) is 0.509. The Morgan fingerprint density at radius 1 is 0.915 bits per heavy atom. The van der Waals surface area contributed by atoms with Crippen LogP contribution in [0.4, 0.5) is 35.3 Å². The molecule has 2 saturated heterocycles. The standard InChI is InChI=1S/C57H67F3N12O10/c1-32(2)49(66-45(73)12-7-13-48(76)82-72-46(74)18-19-47(72)75)52(78)63-35(5)51(77)64-38-16-14-36(15-17-38)30-81-55(80)67-50-39(11-8-20-61)42(56(25-34(4)26-56)54-62-31-69(6)68-54)24-44(65-50)71-29-41-40(53(71)79)22-37(23-43(41)57(58,59)60)28-70-21-9-10-33(3)27-70/h14-17,22-24,31-35,49H,7-13,18-19,21,25-30H2,1-6H3,(H,63,78)(H,64,77)(H,66,73)(H,65,67,80)/t33-,34?,35-,49-,56?/m0/s1. The van der Waals surface area contributed by atoms with Crippen LogP contribution in [-0.2, 0) is 83.1 Å². The van der Waals surface area contributed by atoms with Gasteiger partial charge in [-0.05, 0) is 122 Å². The number of imide groups is 1. The average molecular weight is 1140 g/mol. The van der Waals surface area contributed by atoms with Crippen molar-refractivity contribution < 1.29 is 61.1 Å². The van der Waals surface area contributed by atoms with E-state index in [1.54, 1.807) is 62.2 Å². The van der Waals surface area contributed by atoms with Crippen molar-refractivity contribution in [2.75, 3.05) is 28.6 Å². The van der Waals surface area contributed by atoms with Gasteiger partial charge in [-0.3, -0.25) is 48.6 Å². The Labute approximate surface area is 471 Å². The number of hydrogen-bond donors (Lipinski definition) is 4. The number of aromatic nitrogens is 4. The van der Waals surface area contributed by atoms with E-state index in [0.29, 0.717) is 57.6 Å². The molecular weight excluding hydrogens is 1070 g/mol. The summed E-state index contributed by atoms with van der Waals surface area (Å²) in [5, 5.41) is 25.6. The number of hydroxylamine groups is 2. The molecule has 0 radical (unpaired) electrons.